The van der Waals surface area contributed by atoms with Crippen molar-refractivity contribution in [2.45, 2.75) is 40.0 Å². The number of nitrogens with two attached hydrogens (primary N) is 1. The minimum Gasteiger partial charge on any atom is -0.308 e. The highest BCUT2D eigenvalue weighted by Crippen LogP contribution is 2.20. The summed E-state index contributed by atoms with van der Waals surface area (Å²) < 4.78 is 0. The Labute approximate surface area is 84.9 Å². The first-order chi connectivity index (χ1) is 6.60. The molecule has 1 heterocycles. The van der Waals surface area contributed by atoms with E-state index >= 15 is 0 Å². The smallest absolute Gasteiger partial charge is 0.146 e. The monoisotopic (exact) mass is 194 g/mol. The predicted molar refractivity (Wildman–Crippen MR) is 58.0 cm³/mol. The van der Waals surface area contributed by atoms with Gasteiger partial charge < -0.3 is 5.43 Å². The molecule has 1 rings (SSSR count). The topological polar surface area (TPSA) is 63.8 Å². The van der Waals surface area contributed by atoms with E-state index < -0.39 is 0 Å². The molecule has 0 aliphatic carbocycles. The maximum Gasteiger partial charge on any atom is 0.146 e. The number of hydrazine groups is 1. The summed E-state index contributed by atoms with van der Waals surface area (Å²) in [6, 6.07) is 0. The minimum atomic E-state index is 0.376. The number of hydrogen-bond donors (Lipinski definition) is 2. The molecule has 0 saturated heterocycles. The number of nitrogens with one attached hydrogen (secondary N) is 1. The Morgan fingerprint density at radius 1 is 1.36 bits per heavy atom. The van der Waals surface area contributed by atoms with Crippen LogP contribution in [0.1, 0.15) is 43.3 Å². The van der Waals surface area contributed by atoms with Gasteiger partial charge in [-0.2, -0.15) is 0 Å². The van der Waals surface area contributed by atoms with Crippen LogP contribution < -0.4 is 11.3 Å². The van der Waals surface area contributed by atoms with Gasteiger partial charge in [-0.05, 0) is 20.3 Å². The Hall–Kier alpha value is -1.16. The van der Waals surface area contributed by atoms with Crippen LogP contribution in [0.5, 0.6) is 0 Å². The van der Waals surface area contributed by atoms with Crippen molar-refractivity contribution in [3.63, 3.8) is 0 Å². The van der Waals surface area contributed by atoms with E-state index in [1.807, 2.05) is 13.8 Å². The van der Waals surface area contributed by atoms with Crippen LogP contribution in [-0.4, -0.2) is 9.97 Å². The van der Waals surface area contributed by atoms with Crippen molar-refractivity contribution in [3.8, 4) is 0 Å². The molecule has 1 atom stereocenters. The summed E-state index contributed by atoms with van der Waals surface area (Å²) in [6.45, 7) is 8.18. The number of aromatic nitrogens is 2. The second-order valence-electron chi connectivity index (χ2n) is 3.59. The Morgan fingerprint density at radius 3 is 2.50 bits per heavy atom. The first-order valence-corrected chi connectivity index (χ1v) is 4.91. The minimum absolute atomic E-state index is 0.376. The van der Waals surface area contributed by atoms with Gasteiger partial charge in [0.25, 0.3) is 0 Å². The van der Waals surface area contributed by atoms with Gasteiger partial charge in [-0.15, -0.1) is 0 Å². The molecule has 0 aliphatic rings. The molecule has 1 aromatic rings. The number of rotatable bonds is 3. The summed E-state index contributed by atoms with van der Waals surface area (Å²) in [5.74, 6) is 7.36. The Kier molecular flexibility index (Phi) is 3.41. The fourth-order valence-electron chi connectivity index (χ4n) is 1.19. The van der Waals surface area contributed by atoms with Crippen molar-refractivity contribution in [1.29, 1.82) is 0 Å². The van der Waals surface area contributed by atoms with Crippen molar-refractivity contribution in [2.24, 2.45) is 5.84 Å². The van der Waals surface area contributed by atoms with Gasteiger partial charge in [0.05, 0.1) is 0 Å². The van der Waals surface area contributed by atoms with E-state index in [-0.39, 0.29) is 0 Å². The van der Waals surface area contributed by atoms with Gasteiger partial charge in [0, 0.05) is 17.2 Å². The van der Waals surface area contributed by atoms with Crippen molar-refractivity contribution < 1.29 is 0 Å². The third-order valence-electron chi connectivity index (χ3n) is 2.60. The number of hydrogen-bond acceptors (Lipinski definition) is 4. The molecule has 4 nitrogen and oxygen atoms in total. The fourth-order valence-corrected chi connectivity index (χ4v) is 1.19. The van der Waals surface area contributed by atoms with E-state index in [1.54, 1.807) is 0 Å². The average Bonchev–Trinajstić information content (AvgIpc) is 2.20. The molecule has 0 aromatic carbocycles. The van der Waals surface area contributed by atoms with E-state index in [4.69, 9.17) is 5.84 Å². The third-order valence-corrected chi connectivity index (χ3v) is 2.60. The number of nitrogen functional groups attached to an aromatic ring is 1. The first-order valence-electron chi connectivity index (χ1n) is 4.91. The number of nitrogens with zero attached hydrogens (tertiary/aromatic N) is 2. The van der Waals surface area contributed by atoms with Crippen LogP contribution >= 0.6 is 0 Å². The van der Waals surface area contributed by atoms with Crippen molar-refractivity contribution >= 4 is 5.82 Å². The molecule has 0 amide bonds. The maximum absolute atomic E-state index is 5.39. The molecule has 14 heavy (non-hydrogen) atoms. The number of anilines is 1. The van der Waals surface area contributed by atoms with Gasteiger partial charge in [0.2, 0.25) is 0 Å². The molecule has 1 aromatic heterocycles. The lowest BCUT2D eigenvalue weighted by molar-refractivity contribution is 0.673. The van der Waals surface area contributed by atoms with Crippen LogP contribution in [0, 0.1) is 13.8 Å². The summed E-state index contributed by atoms with van der Waals surface area (Å²) in [6.07, 6.45) is 1.03. The number of aryl methyl sites for hydroxylation is 1. The van der Waals surface area contributed by atoms with Gasteiger partial charge in [0.15, 0.2) is 0 Å². The molecule has 0 saturated carbocycles. The second-order valence-corrected chi connectivity index (χ2v) is 3.59. The SMILES string of the molecule is CCC(C)c1nc(C)c(C)c(NN)n1. The van der Waals surface area contributed by atoms with E-state index in [0.29, 0.717) is 5.92 Å². The van der Waals surface area contributed by atoms with Gasteiger partial charge in [0.1, 0.15) is 11.6 Å². The molecule has 78 valence electrons. The standard InChI is InChI=1S/C10H18N4/c1-5-6(2)9-12-8(4)7(3)10(13-9)14-11/h6H,5,11H2,1-4H3,(H,12,13,14). The molecule has 0 radical (unpaired) electrons. The van der Waals surface area contributed by atoms with Gasteiger partial charge >= 0.3 is 0 Å². The summed E-state index contributed by atoms with van der Waals surface area (Å²) in [4.78, 5) is 8.82. The van der Waals surface area contributed by atoms with Crippen LogP contribution in [0.15, 0.2) is 0 Å². The molecule has 0 fully saturated rings. The highest BCUT2D eigenvalue weighted by molar-refractivity contribution is 5.44. The molecule has 3 N–H and O–H groups in total. The zero-order valence-corrected chi connectivity index (χ0v) is 9.26. The van der Waals surface area contributed by atoms with Crippen LogP contribution in [0.3, 0.4) is 0 Å². The van der Waals surface area contributed by atoms with Crippen molar-refractivity contribution in [1.82, 2.24) is 9.97 Å². The van der Waals surface area contributed by atoms with Crippen molar-refractivity contribution in [2.75, 3.05) is 5.43 Å². The van der Waals surface area contributed by atoms with Crippen LogP contribution in [-0.2, 0) is 0 Å². The van der Waals surface area contributed by atoms with Crippen molar-refractivity contribution in [3.05, 3.63) is 17.1 Å². The molecule has 4 heteroatoms. The second kappa shape index (κ2) is 4.37. The largest absolute Gasteiger partial charge is 0.308 e. The lowest BCUT2D eigenvalue weighted by Gasteiger charge is -2.12. The highest BCUT2D eigenvalue weighted by Gasteiger charge is 2.11. The highest BCUT2D eigenvalue weighted by atomic mass is 15.3. The molecule has 1 unspecified atom stereocenters. The fraction of sp³-hybridized carbons (Fsp3) is 0.600. The zero-order chi connectivity index (χ0) is 10.7. The van der Waals surface area contributed by atoms with Gasteiger partial charge in [-0.3, -0.25) is 0 Å². The van der Waals surface area contributed by atoms with E-state index in [1.165, 1.54) is 0 Å². The molecular weight excluding hydrogens is 176 g/mol. The van der Waals surface area contributed by atoms with Crippen LogP contribution in [0.4, 0.5) is 5.82 Å². The van der Waals surface area contributed by atoms with E-state index in [9.17, 15) is 0 Å². The summed E-state index contributed by atoms with van der Waals surface area (Å²) in [7, 11) is 0. The van der Waals surface area contributed by atoms with Gasteiger partial charge in [-0.1, -0.05) is 13.8 Å². The molecule has 0 bridgehead atoms. The molecule has 0 spiro atoms. The zero-order valence-electron chi connectivity index (χ0n) is 9.26. The lowest BCUT2D eigenvalue weighted by atomic mass is 10.1. The molecule has 0 aliphatic heterocycles. The lowest BCUT2D eigenvalue weighted by Crippen LogP contribution is -2.14. The first kappa shape index (κ1) is 10.9. The summed E-state index contributed by atoms with van der Waals surface area (Å²) in [5.41, 5.74) is 4.61. The Bertz CT molecular complexity index is 322. The predicted octanol–water partition coefficient (Wildman–Crippen LogP) is 1.89. The van der Waals surface area contributed by atoms with Crippen LogP contribution in [0.25, 0.3) is 0 Å². The van der Waals surface area contributed by atoms with Crippen LogP contribution in [0.2, 0.25) is 0 Å². The molecular formula is C10H18N4. The van der Waals surface area contributed by atoms with E-state index in [2.05, 4.69) is 29.2 Å². The maximum atomic E-state index is 5.39. The Morgan fingerprint density at radius 2 is 2.00 bits per heavy atom. The summed E-state index contributed by atoms with van der Waals surface area (Å²) >= 11 is 0. The van der Waals surface area contributed by atoms with E-state index in [0.717, 1.165) is 29.3 Å². The summed E-state index contributed by atoms with van der Waals surface area (Å²) in [5, 5.41) is 0. The quantitative estimate of drug-likeness (QED) is 0.569. The average molecular weight is 194 g/mol. The Balaban J connectivity index is 3.16. The van der Waals surface area contributed by atoms with Gasteiger partial charge in [-0.25, -0.2) is 15.8 Å². The third kappa shape index (κ3) is 2.01. The normalized spacial score (nSPS) is 12.6.